The van der Waals surface area contributed by atoms with Crippen LogP contribution in [0.15, 0.2) is 18.2 Å². The lowest BCUT2D eigenvalue weighted by molar-refractivity contribution is 0.405. The minimum absolute atomic E-state index is 0.0503. The highest BCUT2D eigenvalue weighted by atomic mass is 35.5. The van der Waals surface area contributed by atoms with E-state index in [1.54, 1.807) is 12.1 Å². The van der Waals surface area contributed by atoms with Crippen LogP contribution < -0.4 is 5.32 Å². The maximum Gasteiger partial charge on any atom is 0.127 e. The van der Waals surface area contributed by atoms with Gasteiger partial charge in [0, 0.05) is 10.6 Å². The van der Waals surface area contributed by atoms with Gasteiger partial charge in [0.2, 0.25) is 0 Å². The number of rotatable bonds is 2. The molecule has 1 aromatic carbocycles. The first-order valence-corrected chi connectivity index (χ1v) is 5.66. The van der Waals surface area contributed by atoms with Crippen molar-refractivity contribution in [1.82, 2.24) is 5.32 Å². The zero-order valence-electron chi connectivity index (χ0n) is 8.82. The van der Waals surface area contributed by atoms with Crippen LogP contribution in [-0.4, -0.2) is 12.1 Å². The Morgan fingerprint density at radius 2 is 2.33 bits per heavy atom. The average molecular weight is 228 g/mol. The van der Waals surface area contributed by atoms with Crippen LogP contribution in [0.5, 0.6) is 0 Å². The van der Waals surface area contributed by atoms with Crippen molar-refractivity contribution in [3.63, 3.8) is 0 Å². The van der Waals surface area contributed by atoms with Crippen LogP contribution in [-0.2, 0) is 6.42 Å². The van der Waals surface area contributed by atoms with E-state index in [2.05, 4.69) is 12.2 Å². The highest BCUT2D eigenvalue weighted by Crippen LogP contribution is 2.25. The SMILES string of the molecule is CC1(Cc2ccc(Cl)cc2F)CCCN1. The maximum atomic E-state index is 13.6. The Hall–Kier alpha value is -0.600. The zero-order chi connectivity index (χ0) is 10.9. The minimum Gasteiger partial charge on any atom is -0.311 e. The van der Waals surface area contributed by atoms with Crippen molar-refractivity contribution in [2.45, 2.75) is 31.7 Å². The van der Waals surface area contributed by atoms with Crippen LogP contribution in [0.25, 0.3) is 0 Å². The number of benzene rings is 1. The molecule has 15 heavy (non-hydrogen) atoms. The van der Waals surface area contributed by atoms with E-state index in [0.717, 1.165) is 24.9 Å². The Balaban J connectivity index is 2.16. The second-order valence-corrected chi connectivity index (χ2v) is 4.94. The van der Waals surface area contributed by atoms with Gasteiger partial charge in [-0.05, 0) is 50.4 Å². The molecule has 1 unspecified atom stereocenters. The lowest BCUT2D eigenvalue weighted by Crippen LogP contribution is -2.38. The first kappa shape index (κ1) is 10.9. The summed E-state index contributed by atoms with van der Waals surface area (Å²) in [6.45, 7) is 3.18. The number of hydrogen-bond acceptors (Lipinski definition) is 1. The molecular formula is C12H15ClFN. The maximum absolute atomic E-state index is 13.6. The number of halogens is 2. The lowest BCUT2D eigenvalue weighted by Gasteiger charge is -2.24. The van der Waals surface area contributed by atoms with Gasteiger partial charge in [0.15, 0.2) is 0 Å². The fourth-order valence-electron chi connectivity index (χ4n) is 2.19. The van der Waals surface area contributed by atoms with Gasteiger partial charge in [-0.3, -0.25) is 0 Å². The van der Waals surface area contributed by atoms with Gasteiger partial charge in [-0.15, -0.1) is 0 Å². The molecule has 0 saturated carbocycles. The van der Waals surface area contributed by atoms with Crippen LogP contribution >= 0.6 is 11.6 Å². The largest absolute Gasteiger partial charge is 0.311 e. The van der Waals surface area contributed by atoms with Gasteiger partial charge in [-0.1, -0.05) is 17.7 Å². The van der Waals surface area contributed by atoms with Crippen LogP contribution in [0.4, 0.5) is 4.39 Å². The van der Waals surface area contributed by atoms with E-state index in [1.807, 2.05) is 0 Å². The summed E-state index contributed by atoms with van der Waals surface area (Å²) in [5, 5.41) is 3.88. The third-order valence-electron chi connectivity index (χ3n) is 3.05. The monoisotopic (exact) mass is 227 g/mol. The molecule has 1 heterocycles. The fraction of sp³-hybridized carbons (Fsp3) is 0.500. The van der Waals surface area contributed by atoms with Crippen molar-refractivity contribution >= 4 is 11.6 Å². The van der Waals surface area contributed by atoms with E-state index in [4.69, 9.17) is 11.6 Å². The summed E-state index contributed by atoms with van der Waals surface area (Å²) in [5.41, 5.74) is 0.797. The van der Waals surface area contributed by atoms with Crippen molar-refractivity contribution in [1.29, 1.82) is 0 Å². The third-order valence-corrected chi connectivity index (χ3v) is 3.29. The van der Waals surface area contributed by atoms with E-state index in [1.165, 1.54) is 12.5 Å². The van der Waals surface area contributed by atoms with Gasteiger partial charge in [0.25, 0.3) is 0 Å². The van der Waals surface area contributed by atoms with Crippen LogP contribution in [0.1, 0.15) is 25.3 Å². The molecule has 0 radical (unpaired) electrons. The molecule has 1 saturated heterocycles. The first-order chi connectivity index (χ1) is 7.09. The standard InChI is InChI=1S/C12H15ClFN/c1-12(5-2-6-15-12)8-9-3-4-10(13)7-11(9)14/h3-4,7,15H,2,5-6,8H2,1H3. The predicted molar refractivity (Wildman–Crippen MR) is 60.8 cm³/mol. The average Bonchev–Trinajstić information content (AvgIpc) is 2.58. The van der Waals surface area contributed by atoms with Gasteiger partial charge < -0.3 is 5.32 Å². The Bertz CT molecular complexity index is 359. The summed E-state index contributed by atoms with van der Waals surface area (Å²) in [6, 6.07) is 4.91. The topological polar surface area (TPSA) is 12.0 Å². The second-order valence-electron chi connectivity index (χ2n) is 4.50. The molecule has 82 valence electrons. The van der Waals surface area contributed by atoms with Crippen molar-refractivity contribution in [3.8, 4) is 0 Å². The predicted octanol–water partition coefficient (Wildman–Crippen LogP) is 3.16. The van der Waals surface area contributed by atoms with Crippen molar-refractivity contribution in [2.24, 2.45) is 0 Å². The van der Waals surface area contributed by atoms with Gasteiger partial charge >= 0.3 is 0 Å². The molecule has 1 nitrogen and oxygen atoms in total. The molecule has 0 spiro atoms. The molecule has 0 aromatic heterocycles. The quantitative estimate of drug-likeness (QED) is 0.819. The highest BCUT2D eigenvalue weighted by molar-refractivity contribution is 6.30. The summed E-state index contributed by atoms with van der Waals surface area (Å²) in [4.78, 5) is 0. The molecule has 1 aromatic rings. The van der Waals surface area contributed by atoms with Crippen molar-refractivity contribution in [3.05, 3.63) is 34.6 Å². The van der Waals surface area contributed by atoms with Gasteiger partial charge in [-0.2, -0.15) is 0 Å². The van der Waals surface area contributed by atoms with E-state index in [9.17, 15) is 4.39 Å². The molecule has 1 aliphatic rings. The molecule has 0 amide bonds. The van der Waals surface area contributed by atoms with Crippen molar-refractivity contribution < 1.29 is 4.39 Å². The Morgan fingerprint density at radius 3 is 2.93 bits per heavy atom. The van der Waals surface area contributed by atoms with Crippen LogP contribution in [0.3, 0.4) is 0 Å². The summed E-state index contributed by atoms with van der Waals surface area (Å²) in [5.74, 6) is -0.197. The molecule has 1 fully saturated rings. The van der Waals surface area contributed by atoms with E-state index >= 15 is 0 Å². The number of hydrogen-bond donors (Lipinski definition) is 1. The van der Waals surface area contributed by atoms with Crippen LogP contribution in [0, 0.1) is 5.82 Å². The summed E-state index contributed by atoms with van der Waals surface area (Å²) in [7, 11) is 0. The van der Waals surface area contributed by atoms with Gasteiger partial charge in [0.05, 0.1) is 0 Å². The van der Waals surface area contributed by atoms with Crippen LogP contribution in [0.2, 0.25) is 5.02 Å². The number of nitrogens with one attached hydrogen (secondary N) is 1. The minimum atomic E-state index is -0.197. The molecule has 0 aliphatic carbocycles. The molecular weight excluding hydrogens is 213 g/mol. The molecule has 0 bridgehead atoms. The summed E-state index contributed by atoms with van der Waals surface area (Å²) in [6.07, 6.45) is 3.01. The molecule has 1 N–H and O–H groups in total. The second kappa shape index (κ2) is 4.11. The van der Waals surface area contributed by atoms with E-state index < -0.39 is 0 Å². The first-order valence-electron chi connectivity index (χ1n) is 5.28. The fourth-order valence-corrected chi connectivity index (χ4v) is 2.35. The molecule has 1 aliphatic heterocycles. The van der Waals surface area contributed by atoms with Crippen molar-refractivity contribution in [2.75, 3.05) is 6.54 Å². The van der Waals surface area contributed by atoms with Gasteiger partial charge in [0.1, 0.15) is 5.82 Å². The van der Waals surface area contributed by atoms with E-state index in [-0.39, 0.29) is 11.4 Å². The Morgan fingerprint density at radius 1 is 1.53 bits per heavy atom. The smallest absolute Gasteiger partial charge is 0.127 e. The Kier molecular flexibility index (Phi) is 2.98. The zero-order valence-corrected chi connectivity index (χ0v) is 9.57. The normalized spacial score (nSPS) is 25.8. The molecule has 2 rings (SSSR count). The van der Waals surface area contributed by atoms with E-state index in [0.29, 0.717) is 5.02 Å². The Labute approximate surface area is 94.6 Å². The molecule has 1 atom stereocenters. The summed E-state index contributed by atoms with van der Waals surface area (Å²) < 4.78 is 13.6. The highest BCUT2D eigenvalue weighted by Gasteiger charge is 2.28. The molecule has 3 heteroatoms. The van der Waals surface area contributed by atoms with Gasteiger partial charge in [-0.25, -0.2) is 4.39 Å². The third kappa shape index (κ3) is 2.50. The lowest BCUT2D eigenvalue weighted by atomic mass is 9.91. The summed E-state index contributed by atoms with van der Waals surface area (Å²) >= 11 is 5.71.